The smallest absolute Gasteiger partial charge is 0.155 e. The molecule has 3 heteroatoms. The van der Waals surface area contributed by atoms with Gasteiger partial charge in [-0.05, 0) is 97.1 Å². The van der Waals surface area contributed by atoms with Crippen molar-refractivity contribution in [2.75, 3.05) is 0 Å². The Labute approximate surface area is 362 Å². The van der Waals surface area contributed by atoms with Crippen molar-refractivity contribution in [1.29, 1.82) is 0 Å². The quantitative estimate of drug-likeness (QED) is 0.165. The van der Waals surface area contributed by atoms with E-state index in [9.17, 15) is 0 Å². The van der Waals surface area contributed by atoms with Crippen molar-refractivity contribution in [2.24, 2.45) is 9.98 Å². The predicted octanol–water partition coefficient (Wildman–Crippen LogP) is 14.5. The lowest BCUT2D eigenvalue weighted by Gasteiger charge is -2.39. The molecule has 0 N–H and O–H groups in total. The number of hydrogen-bond donors (Lipinski definition) is 0. The summed E-state index contributed by atoms with van der Waals surface area (Å²) in [4.78, 5) is 10.8. The number of ether oxygens (including phenoxy) is 1. The first kappa shape index (κ1) is 36.0. The second kappa shape index (κ2) is 14.7. The van der Waals surface area contributed by atoms with Crippen molar-refractivity contribution < 1.29 is 4.74 Å². The highest BCUT2D eigenvalue weighted by Gasteiger charge is 2.50. The van der Waals surface area contributed by atoms with Crippen molar-refractivity contribution in [3.63, 3.8) is 0 Å². The first-order valence-electron chi connectivity index (χ1n) is 21.4. The van der Waals surface area contributed by atoms with Gasteiger partial charge >= 0.3 is 0 Å². The van der Waals surface area contributed by atoms with Gasteiger partial charge in [-0.25, -0.2) is 4.99 Å². The molecule has 0 amide bonds. The summed E-state index contributed by atoms with van der Waals surface area (Å²) in [6.07, 6.45) is 0.676. The van der Waals surface area contributed by atoms with E-state index in [4.69, 9.17) is 14.7 Å². The standard InChI is InChI=1S/C59H40N2O/c1-3-16-39(17-4-1)41-20-13-23-45(34-41)54-38-55(61-58(60-54)47-25-15-21-42(36-47)40-18-5-2-6-19-40)46-24-14-22-43(35-46)44-32-33-53-57(37-44)62-56-31-12-11-30-52(56)59(53)50-28-9-7-26-48(50)49-27-8-10-29-51(49)59/h1-37,55H,38H2. The van der Waals surface area contributed by atoms with E-state index >= 15 is 0 Å². The van der Waals surface area contributed by atoms with Crippen LogP contribution < -0.4 is 4.74 Å². The number of amidine groups is 1. The zero-order valence-corrected chi connectivity index (χ0v) is 33.9. The van der Waals surface area contributed by atoms with E-state index in [2.05, 4.69) is 224 Å². The van der Waals surface area contributed by atoms with Gasteiger partial charge in [-0.1, -0.05) is 194 Å². The molecule has 2 heterocycles. The van der Waals surface area contributed by atoms with Crippen molar-refractivity contribution in [1.82, 2.24) is 0 Å². The Morgan fingerprint density at radius 2 is 0.871 bits per heavy atom. The Kier molecular flexibility index (Phi) is 8.53. The second-order valence-electron chi connectivity index (χ2n) is 16.4. The highest BCUT2D eigenvalue weighted by Crippen LogP contribution is 2.62. The van der Waals surface area contributed by atoms with Gasteiger partial charge in [0.15, 0.2) is 5.84 Å². The number of hydrogen-bond acceptors (Lipinski definition) is 3. The lowest BCUT2D eigenvalue weighted by atomic mass is 9.66. The van der Waals surface area contributed by atoms with Gasteiger partial charge in [0, 0.05) is 23.1 Å². The minimum atomic E-state index is -0.490. The molecule has 0 bridgehead atoms. The largest absolute Gasteiger partial charge is 0.457 e. The van der Waals surface area contributed by atoms with Crippen molar-refractivity contribution in [3.05, 3.63) is 263 Å². The maximum absolute atomic E-state index is 6.87. The second-order valence-corrected chi connectivity index (χ2v) is 16.4. The van der Waals surface area contributed by atoms with Gasteiger partial charge in [0.05, 0.1) is 17.2 Å². The average Bonchev–Trinajstić information content (AvgIpc) is 3.65. The van der Waals surface area contributed by atoms with Crippen LogP contribution in [0.1, 0.15) is 51.4 Å². The summed E-state index contributed by atoms with van der Waals surface area (Å²) in [5.41, 5.74) is 18.1. The minimum absolute atomic E-state index is 0.145. The van der Waals surface area contributed by atoms with E-state index in [0.717, 1.165) is 62.0 Å². The SMILES string of the molecule is c1ccc(-c2cccc(C3=NC(c4cccc(-c5ccccc5)c4)=NC(c4cccc(-c5ccc6c(c5)Oc5ccccc5C65c6ccccc6-c6ccccc65)c4)C3)c2)cc1. The third-order valence-electron chi connectivity index (χ3n) is 12.9. The molecular formula is C59H40N2O. The third-order valence-corrected chi connectivity index (χ3v) is 12.9. The number of para-hydroxylation sites is 1. The number of nitrogens with zero attached hydrogens (tertiary/aromatic N) is 2. The first-order chi connectivity index (χ1) is 30.7. The minimum Gasteiger partial charge on any atom is -0.457 e. The normalized spacial score (nSPS) is 15.3. The van der Waals surface area contributed by atoms with Crippen LogP contribution in [0.25, 0.3) is 44.5 Å². The van der Waals surface area contributed by atoms with Gasteiger partial charge in [0.2, 0.25) is 0 Å². The van der Waals surface area contributed by atoms with Gasteiger partial charge in [-0.3, -0.25) is 4.99 Å². The Balaban J connectivity index is 0.958. The number of rotatable bonds is 6. The van der Waals surface area contributed by atoms with Crippen LogP contribution >= 0.6 is 0 Å². The topological polar surface area (TPSA) is 34.0 Å². The molecule has 0 fully saturated rings. The van der Waals surface area contributed by atoms with Crippen LogP contribution in [0.2, 0.25) is 0 Å². The molecule has 1 aliphatic carbocycles. The molecule has 1 atom stereocenters. The van der Waals surface area contributed by atoms with Crippen molar-refractivity contribution in [3.8, 4) is 56.0 Å². The molecule has 1 unspecified atom stereocenters. The fraction of sp³-hybridized carbons (Fsp3) is 0.0508. The molecule has 0 saturated carbocycles. The van der Waals surface area contributed by atoms with E-state index in [1.807, 2.05) is 0 Å². The van der Waals surface area contributed by atoms with Crippen LogP contribution in [0.4, 0.5) is 0 Å². The molecule has 9 aromatic rings. The third kappa shape index (κ3) is 5.89. The highest BCUT2D eigenvalue weighted by atomic mass is 16.5. The van der Waals surface area contributed by atoms with Crippen molar-refractivity contribution >= 4 is 11.5 Å². The molecule has 9 aromatic carbocycles. The van der Waals surface area contributed by atoms with Gasteiger partial charge in [-0.15, -0.1) is 0 Å². The number of aliphatic imine (C=N–C) groups is 2. The molecule has 0 aromatic heterocycles. The summed E-state index contributed by atoms with van der Waals surface area (Å²) in [7, 11) is 0. The maximum atomic E-state index is 6.87. The molecule has 2 aliphatic heterocycles. The Morgan fingerprint density at radius 1 is 0.371 bits per heavy atom. The fourth-order valence-corrected chi connectivity index (χ4v) is 10.0. The van der Waals surface area contributed by atoms with Gasteiger partial charge in [0.1, 0.15) is 11.5 Å². The Hall–Kier alpha value is -7.88. The highest BCUT2D eigenvalue weighted by molar-refractivity contribution is 6.14. The molecule has 0 radical (unpaired) electrons. The average molecular weight is 793 g/mol. The van der Waals surface area contributed by atoms with Gasteiger partial charge < -0.3 is 4.74 Å². The van der Waals surface area contributed by atoms with E-state index < -0.39 is 5.41 Å². The van der Waals surface area contributed by atoms with Crippen LogP contribution in [0, 0.1) is 0 Å². The molecule has 12 rings (SSSR count). The van der Waals surface area contributed by atoms with E-state index in [-0.39, 0.29) is 6.04 Å². The lowest BCUT2D eigenvalue weighted by molar-refractivity contribution is 0.436. The Morgan fingerprint density at radius 3 is 1.56 bits per heavy atom. The molecule has 62 heavy (non-hydrogen) atoms. The molecular weight excluding hydrogens is 753 g/mol. The van der Waals surface area contributed by atoms with Crippen LogP contribution in [0.3, 0.4) is 0 Å². The van der Waals surface area contributed by atoms with E-state index in [1.165, 1.54) is 44.5 Å². The van der Waals surface area contributed by atoms with Crippen molar-refractivity contribution in [2.45, 2.75) is 17.9 Å². The first-order valence-corrected chi connectivity index (χ1v) is 21.4. The monoisotopic (exact) mass is 792 g/mol. The lowest BCUT2D eigenvalue weighted by Crippen LogP contribution is -2.32. The van der Waals surface area contributed by atoms with Gasteiger partial charge in [0.25, 0.3) is 0 Å². The zero-order chi connectivity index (χ0) is 41.0. The number of benzene rings is 9. The Bertz CT molecular complexity index is 3210. The maximum Gasteiger partial charge on any atom is 0.155 e. The summed E-state index contributed by atoms with van der Waals surface area (Å²) >= 11 is 0. The summed E-state index contributed by atoms with van der Waals surface area (Å²) in [5.74, 6) is 2.51. The van der Waals surface area contributed by atoms with E-state index in [1.54, 1.807) is 0 Å². The molecule has 292 valence electrons. The van der Waals surface area contributed by atoms with E-state index in [0.29, 0.717) is 6.42 Å². The van der Waals surface area contributed by atoms with Crippen LogP contribution in [0.15, 0.2) is 234 Å². The van der Waals surface area contributed by atoms with Crippen LogP contribution in [-0.4, -0.2) is 11.5 Å². The zero-order valence-electron chi connectivity index (χ0n) is 33.9. The fourth-order valence-electron chi connectivity index (χ4n) is 10.0. The molecule has 0 saturated heterocycles. The van der Waals surface area contributed by atoms with Crippen LogP contribution in [-0.2, 0) is 5.41 Å². The molecule has 3 aliphatic rings. The predicted molar refractivity (Wildman–Crippen MR) is 253 cm³/mol. The summed E-state index contributed by atoms with van der Waals surface area (Å²) in [6.45, 7) is 0. The summed E-state index contributed by atoms with van der Waals surface area (Å²) in [5, 5.41) is 0. The summed E-state index contributed by atoms with van der Waals surface area (Å²) < 4.78 is 6.87. The van der Waals surface area contributed by atoms with Crippen LogP contribution in [0.5, 0.6) is 11.5 Å². The number of fused-ring (bicyclic) bond motifs is 9. The van der Waals surface area contributed by atoms with Gasteiger partial charge in [-0.2, -0.15) is 0 Å². The molecule has 1 spiro atoms. The molecule has 3 nitrogen and oxygen atoms in total. The summed E-state index contributed by atoms with van der Waals surface area (Å²) in [6, 6.07) is 80.3.